The molecule has 0 saturated carbocycles. The molecule has 0 spiro atoms. The van der Waals surface area contributed by atoms with Crippen LogP contribution in [-0.2, 0) is 10.0 Å². The predicted octanol–water partition coefficient (Wildman–Crippen LogP) is 2.31. The smallest absolute Gasteiger partial charge is 0.260 e. The summed E-state index contributed by atoms with van der Waals surface area (Å²) < 4.78 is 26.4. The molecule has 1 aromatic heterocycles. The average molecular weight is 273 g/mol. The van der Waals surface area contributed by atoms with E-state index in [1.165, 1.54) is 10.5 Å². The van der Waals surface area contributed by atoms with Gasteiger partial charge in [0.1, 0.15) is 5.82 Å². The van der Waals surface area contributed by atoms with Crippen molar-refractivity contribution in [2.24, 2.45) is 0 Å². The van der Waals surface area contributed by atoms with Gasteiger partial charge in [-0.25, -0.2) is 13.4 Å². The van der Waals surface area contributed by atoms with Crippen molar-refractivity contribution in [3.8, 4) is 0 Å². The topological polar surface area (TPSA) is 66.1 Å². The highest BCUT2D eigenvalue weighted by Crippen LogP contribution is 2.17. The summed E-state index contributed by atoms with van der Waals surface area (Å²) in [5.74, 6) is 0.617. The van der Waals surface area contributed by atoms with Gasteiger partial charge < -0.3 is 4.98 Å². The van der Waals surface area contributed by atoms with Crippen LogP contribution >= 0.6 is 0 Å². The van der Waals surface area contributed by atoms with E-state index in [9.17, 15) is 8.42 Å². The van der Waals surface area contributed by atoms with Crippen LogP contribution in [0.1, 0.15) is 45.9 Å². The van der Waals surface area contributed by atoms with Gasteiger partial charge in [-0.05, 0) is 27.2 Å². The van der Waals surface area contributed by atoms with E-state index in [0.717, 1.165) is 19.3 Å². The molecule has 5 nitrogen and oxygen atoms in total. The minimum Gasteiger partial charge on any atom is -0.332 e. The van der Waals surface area contributed by atoms with Crippen molar-refractivity contribution in [3.63, 3.8) is 0 Å². The van der Waals surface area contributed by atoms with Crippen LogP contribution in [0.4, 0.5) is 0 Å². The van der Waals surface area contributed by atoms with Crippen LogP contribution in [0.15, 0.2) is 11.2 Å². The third-order valence-corrected chi connectivity index (χ3v) is 4.81. The van der Waals surface area contributed by atoms with Crippen molar-refractivity contribution in [1.82, 2.24) is 14.3 Å². The van der Waals surface area contributed by atoms with Crippen LogP contribution < -0.4 is 0 Å². The molecule has 0 aliphatic heterocycles. The quantitative estimate of drug-likeness (QED) is 0.775. The molecule has 0 atom stereocenters. The maximum Gasteiger partial charge on any atom is 0.260 e. The Morgan fingerprint density at radius 3 is 2.50 bits per heavy atom. The summed E-state index contributed by atoms with van der Waals surface area (Å²) >= 11 is 0. The van der Waals surface area contributed by atoms with Crippen molar-refractivity contribution in [2.75, 3.05) is 6.54 Å². The van der Waals surface area contributed by atoms with Gasteiger partial charge in [0.25, 0.3) is 10.0 Å². The minimum absolute atomic E-state index is 0.0459. The summed E-state index contributed by atoms with van der Waals surface area (Å²) in [4.78, 5) is 6.76. The van der Waals surface area contributed by atoms with Crippen LogP contribution in [0.2, 0.25) is 0 Å². The Kier molecular flexibility index (Phi) is 5.34. The number of hydrogen-bond acceptors (Lipinski definition) is 3. The molecular formula is C12H23N3O2S. The Morgan fingerprint density at radius 2 is 2.06 bits per heavy atom. The molecule has 6 heteroatoms. The standard InChI is InChI=1S/C12H23N3O2S/c1-5-6-7-8-15(10(2)3)18(16,17)12-9-13-11(4)14-12/h9-10H,5-8H2,1-4H3,(H,13,14). The molecule has 1 heterocycles. The summed E-state index contributed by atoms with van der Waals surface area (Å²) in [6.07, 6.45) is 4.40. The monoisotopic (exact) mass is 273 g/mol. The van der Waals surface area contributed by atoms with E-state index < -0.39 is 10.0 Å². The van der Waals surface area contributed by atoms with Gasteiger partial charge in [0, 0.05) is 12.6 Å². The first-order valence-corrected chi connectivity index (χ1v) is 7.87. The molecule has 0 aliphatic rings. The minimum atomic E-state index is -3.44. The number of nitrogens with one attached hydrogen (secondary N) is 1. The van der Waals surface area contributed by atoms with Crippen molar-refractivity contribution in [2.45, 2.75) is 58.0 Å². The summed E-state index contributed by atoms with van der Waals surface area (Å²) in [6.45, 7) is 8.20. The van der Waals surface area contributed by atoms with Crippen molar-refractivity contribution < 1.29 is 8.42 Å². The number of nitrogens with zero attached hydrogens (tertiary/aromatic N) is 2. The zero-order valence-corrected chi connectivity index (χ0v) is 12.4. The van der Waals surface area contributed by atoms with Crippen LogP contribution in [0.3, 0.4) is 0 Å². The molecule has 0 bridgehead atoms. The molecule has 0 unspecified atom stereocenters. The second-order valence-electron chi connectivity index (χ2n) is 4.75. The van der Waals surface area contributed by atoms with Gasteiger partial charge >= 0.3 is 0 Å². The predicted molar refractivity (Wildman–Crippen MR) is 71.9 cm³/mol. The summed E-state index contributed by atoms with van der Waals surface area (Å²) in [7, 11) is -3.44. The lowest BCUT2D eigenvalue weighted by atomic mass is 10.2. The molecule has 0 amide bonds. The van der Waals surface area contributed by atoms with E-state index in [2.05, 4.69) is 16.9 Å². The molecule has 0 fully saturated rings. The fourth-order valence-corrected chi connectivity index (χ4v) is 3.47. The normalized spacial score (nSPS) is 12.6. The lowest BCUT2D eigenvalue weighted by molar-refractivity contribution is 0.344. The Morgan fingerprint density at radius 1 is 1.39 bits per heavy atom. The van der Waals surface area contributed by atoms with E-state index in [4.69, 9.17) is 0 Å². The average Bonchev–Trinajstić information content (AvgIpc) is 2.71. The molecule has 1 N–H and O–H groups in total. The third-order valence-electron chi connectivity index (χ3n) is 2.82. The largest absolute Gasteiger partial charge is 0.332 e. The van der Waals surface area contributed by atoms with Gasteiger partial charge in [-0.15, -0.1) is 0 Å². The molecule has 1 aromatic rings. The van der Waals surface area contributed by atoms with Crippen molar-refractivity contribution in [1.29, 1.82) is 0 Å². The highest BCUT2D eigenvalue weighted by Gasteiger charge is 2.27. The Balaban J connectivity index is 2.90. The fraction of sp³-hybridized carbons (Fsp3) is 0.750. The summed E-state index contributed by atoms with van der Waals surface area (Å²) in [6, 6.07) is -0.0459. The number of aromatic amines is 1. The zero-order chi connectivity index (χ0) is 13.8. The van der Waals surface area contributed by atoms with Gasteiger partial charge in [0.05, 0.1) is 6.20 Å². The number of unbranched alkanes of at least 4 members (excludes halogenated alkanes) is 2. The highest BCUT2D eigenvalue weighted by molar-refractivity contribution is 7.89. The Hall–Kier alpha value is -0.880. The van der Waals surface area contributed by atoms with Crippen molar-refractivity contribution in [3.05, 3.63) is 12.0 Å². The van der Waals surface area contributed by atoms with E-state index in [-0.39, 0.29) is 11.1 Å². The first kappa shape index (κ1) is 15.2. The second-order valence-corrected chi connectivity index (χ2v) is 6.61. The van der Waals surface area contributed by atoms with Gasteiger partial charge in [0.15, 0.2) is 5.03 Å². The van der Waals surface area contributed by atoms with E-state index >= 15 is 0 Å². The fourth-order valence-electron chi connectivity index (χ4n) is 1.83. The molecule has 0 aromatic carbocycles. The summed E-state index contributed by atoms with van der Waals surface area (Å²) in [5.41, 5.74) is 0. The second kappa shape index (κ2) is 6.33. The van der Waals surface area contributed by atoms with Gasteiger partial charge in [-0.1, -0.05) is 19.8 Å². The third kappa shape index (κ3) is 3.55. The number of sulfonamides is 1. The maximum atomic E-state index is 12.4. The molecule has 18 heavy (non-hydrogen) atoms. The first-order chi connectivity index (χ1) is 8.39. The van der Waals surface area contributed by atoms with E-state index in [1.807, 2.05) is 13.8 Å². The lowest BCUT2D eigenvalue weighted by Crippen LogP contribution is -2.37. The van der Waals surface area contributed by atoms with Gasteiger partial charge in [-0.3, -0.25) is 0 Å². The highest BCUT2D eigenvalue weighted by atomic mass is 32.2. The maximum absolute atomic E-state index is 12.4. The number of hydrogen-bond donors (Lipinski definition) is 1. The lowest BCUT2D eigenvalue weighted by Gasteiger charge is -2.25. The molecule has 0 saturated heterocycles. The van der Waals surface area contributed by atoms with E-state index in [1.54, 1.807) is 6.92 Å². The van der Waals surface area contributed by atoms with Gasteiger partial charge in [0.2, 0.25) is 0 Å². The van der Waals surface area contributed by atoms with Gasteiger partial charge in [-0.2, -0.15) is 4.31 Å². The number of H-pyrrole nitrogens is 1. The zero-order valence-electron chi connectivity index (χ0n) is 11.6. The van der Waals surface area contributed by atoms with Crippen LogP contribution in [0.25, 0.3) is 0 Å². The Labute approximate surface area is 110 Å². The van der Waals surface area contributed by atoms with Crippen LogP contribution in [0.5, 0.6) is 0 Å². The number of aryl methyl sites for hydroxylation is 1. The molecule has 1 rings (SSSR count). The SMILES string of the molecule is CCCCCN(C(C)C)S(=O)(=O)c1cnc(C)[nH]1. The molecule has 104 valence electrons. The number of imidazole rings is 1. The van der Waals surface area contributed by atoms with E-state index in [0.29, 0.717) is 12.4 Å². The summed E-state index contributed by atoms with van der Waals surface area (Å²) in [5, 5.41) is 0.185. The number of aromatic nitrogens is 2. The number of rotatable bonds is 7. The molecule has 0 radical (unpaired) electrons. The Bertz CT molecular complexity index is 465. The van der Waals surface area contributed by atoms with Crippen LogP contribution in [0, 0.1) is 6.92 Å². The molecule has 0 aliphatic carbocycles. The van der Waals surface area contributed by atoms with Crippen molar-refractivity contribution >= 4 is 10.0 Å². The van der Waals surface area contributed by atoms with Crippen LogP contribution in [-0.4, -0.2) is 35.3 Å². The first-order valence-electron chi connectivity index (χ1n) is 6.43. The molecular weight excluding hydrogens is 250 g/mol.